The second-order valence-electron chi connectivity index (χ2n) is 1.72. The van der Waals surface area contributed by atoms with Crippen LogP contribution < -0.4 is 0 Å². The Kier molecular flexibility index (Phi) is 4.29. The van der Waals surface area contributed by atoms with Crippen molar-refractivity contribution in [1.29, 1.82) is 5.26 Å². The van der Waals surface area contributed by atoms with E-state index in [0.29, 0.717) is 6.42 Å². The van der Waals surface area contributed by atoms with Crippen molar-refractivity contribution in [2.24, 2.45) is 0 Å². The van der Waals surface area contributed by atoms with Gasteiger partial charge in [-0.25, -0.2) is 0 Å². The molecule has 2 heteroatoms. The van der Waals surface area contributed by atoms with Gasteiger partial charge >= 0.3 is 0 Å². The molecule has 0 aromatic heterocycles. The minimum atomic E-state index is 0.180. The molecule has 0 unspecified atom stereocenters. The van der Waals surface area contributed by atoms with Gasteiger partial charge in [0.25, 0.3) is 0 Å². The molecule has 0 rings (SSSR count). The fourth-order valence-corrected chi connectivity index (χ4v) is 0.400. The largest absolute Gasteiger partial charge is 0.396 e. The molecule has 0 aliphatic rings. The molecule has 1 N–H and O–H groups in total. The van der Waals surface area contributed by atoms with Crippen LogP contribution in [0.1, 0.15) is 19.8 Å². The highest BCUT2D eigenvalue weighted by Crippen LogP contribution is 2.03. The third kappa shape index (κ3) is 3.63. The van der Waals surface area contributed by atoms with Crippen molar-refractivity contribution >= 4 is 0 Å². The molecule has 8 heavy (non-hydrogen) atoms. The van der Waals surface area contributed by atoms with E-state index in [0.717, 1.165) is 12.3 Å². The van der Waals surface area contributed by atoms with E-state index in [2.05, 4.69) is 0 Å². The van der Waals surface area contributed by atoms with Gasteiger partial charge in [0.05, 0.1) is 12.0 Å². The molecule has 0 heterocycles. The summed E-state index contributed by atoms with van der Waals surface area (Å²) in [5, 5.41) is 16.5. The monoisotopic (exact) mass is 112 g/mol. The molecule has 0 aromatic carbocycles. The van der Waals surface area contributed by atoms with Crippen LogP contribution in [0.3, 0.4) is 0 Å². The van der Waals surface area contributed by atoms with Crippen LogP contribution in [0.15, 0.2) is 0 Å². The van der Waals surface area contributed by atoms with Crippen LogP contribution >= 0.6 is 0 Å². The van der Waals surface area contributed by atoms with E-state index < -0.39 is 0 Å². The van der Waals surface area contributed by atoms with Crippen LogP contribution in [0.4, 0.5) is 0 Å². The van der Waals surface area contributed by atoms with E-state index in [4.69, 9.17) is 10.4 Å². The molecule has 45 valence electrons. The lowest BCUT2D eigenvalue weighted by molar-refractivity contribution is 0.287. The zero-order valence-electron chi connectivity index (χ0n) is 5.02. The molecular formula is C6H10NO. The number of nitrogens with zero attached hydrogens (tertiary/aromatic N) is 1. The average Bonchev–Trinajstić information content (AvgIpc) is 1.83. The lowest BCUT2D eigenvalue weighted by Gasteiger charge is -1.94. The molecule has 0 spiro atoms. The Morgan fingerprint density at radius 1 is 1.75 bits per heavy atom. The quantitative estimate of drug-likeness (QED) is 0.589. The van der Waals surface area contributed by atoms with Gasteiger partial charge in [0.1, 0.15) is 0 Å². The topological polar surface area (TPSA) is 44.0 Å². The molecule has 0 saturated heterocycles. The minimum absolute atomic E-state index is 0.180. The number of aliphatic hydroxyl groups excluding tert-OH is 1. The summed E-state index contributed by atoms with van der Waals surface area (Å²) < 4.78 is 0. The standard InChI is InChI=1S/C6H10NO/c1-6(5-7)3-2-4-8/h8H,2-4H2,1H3. The van der Waals surface area contributed by atoms with Crippen LogP contribution in [0.5, 0.6) is 0 Å². The van der Waals surface area contributed by atoms with Gasteiger partial charge < -0.3 is 5.11 Å². The molecule has 2 nitrogen and oxygen atoms in total. The van der Waals surface area contributed by atoms with Gasteiger partial charge in [-0.2, -0.15) is 5.26 Å². The second kappa shape index (κ2) is 4.61. The summed E-state index contributed by atoms with van der Waals surface area (Å²) in [5.74, 6) is 0.791. The third-order valence-electron chi connectivity index (χ3n) is 0.901. The highest BCUT2D eigenvalue weighted by atomic mass is 16.2. The summed E-state index contributed by atoms with van der Waals surface area (Å²) in [7, 11) is 0. The van der Waals surface area contributed by atoms with Gasteiger partial charge in [-0.1, -0.05) is 0 Å². The molecule has 0 aliphatic carbocycles. The van der Waals surface area contributed by atoms with E-state index in [-0.39, 0.29) is 6.61 Å². The minimum Gasteiger partial charge on any atom is -0.396 e. The van der Waals surface area contributed by atoms with Crippen LogP contribution in [-0.4, -0.2) is 11.7 Å². The predicted octanol–water partition coefficient (Wildman–Crippen LogP) is 0.877. The molecule has 0 atom stereocenters. The van der Waals surface area contributed by atoms with E-state index >= 15 is 0 Å². The lowest BCUT2D eigenvalue weighted by Crippen LogP contribution is -1.89. The first kappa shape index (κ1) is 7.45. The normalized spacial score (nSPS) is 9.25. The zero-order valence-corrected chi connectivity index (χ0v) is 5.02. The summed E-state index contributed by atoms with van der Waals surface area (Å²) in [5.41, 5.74) is 0. The molecule has 0 aromatic rings. The Morgan fingerprint density at radius 3 is 2.75 bits per heavy atom. The van der Waals surface area contributed by atoms with E-state index in [1.807, 2.05) is 6.07 Å². The van der Waals surface area contributed by atoms with Crippen molar-refractivity contribution in [3.05, 3.63) is 5.92 Å². The number of rotatable bonds is 3. The van der Waals surface area contributed by atoms with Gasteiger partial charge in [-0.05, 0) is 19.8 Å². The first-order valence-corrected chi connectivity index (χ1v) is 2.64. The summed E-state index contributed by atoms with van der Waals surface area (Å²) in [4.78, 5) is 0. The highest BCUT2D eigenvalue weighted by molar-refractivity contribution is 5.06. The van der Waals surface area contributed by atoms with E-state index in [9.17, 15) is 0 Å². The van der Waals surface area contributed by atoms with Crippen molar-refractivity contribution in [2.45, 2.75) is 19.8 Å². The van der Waals surface area contributed by atoms with Crippen molar-refractivity contribution in [1.82, 2.24) is 0 Å². The molecule has 0 bridgehead atoms. The van der Waals surface area contributed by atoms with Gasteiger partial charge in [-0.15, -0.1) is 0 Å². The Bertz CT molecular complexity index is 85.0. The number of nitriles is 1. The Labute approximate surface area is 49.8 Å². The van der Waals surface area contributed by atoms with Crippen molar-refractivity contribution < 1.29 is 5.11 Å². The SMILES string of the molecule is C[C](C#N)CCCO. The van der Waals surface area contributed by atoms with Crippen molar-refractivity contribution in [3.63, 3.8) is 0 Å². The van der Waals surface area contributed by atoms with Crippen LogP contribution in [0.25, 0.3) is 0 Å². The first-order valence-electron chi connectivity index (χ1n) is 2.64. The number of hydrogen-bond acceptors (Lipinski definition) is 2. The molecule has 0 aliphatic heterocycles. The molecule has 0 amide bonds. The van der Waals surface area contributed by atoms with Crippen LogP contribution in [-0.2, 0) is 0 Å². The summed E-state index contributed by atoms with van der Waals surface area (Å²) in [6.45, 7) is 1.95. The number of aliphatic hydroxyl groups is 1. The average molecular weight is 112 g/mol. The van der Waals surface area contributed by atoms with Gasteiger partial charge in [0.15, 0.2) is 0 Å². The predicted molar refractivity (Wildman–Crippen MR) is 30.8 cm³/mol. The van der Waals surface area contributed by atoms with Crippen LogP contribution in [0.2, 0.25) is 0 Å². The fourth-order valence-electron chi connectivity index (χ4n) is 0.400. The maximum absolute atomic E-state index is 8.29. The van der Waals surface area contributed by atoms with Gasteiger partial charge in [0.2, 0.25) is 0 Å². The van der Waals surface area contributed by atoms with Crippen LogP contribution in [0, 0.1) is 17.2 Å². The van der Waals surface area contributed by atoms with Crippen molar-refractivity contribution in [3.8, 4) is 6.07 Å². The maximum atomic E-state index is 8.29. The molecular weight excluding hydrogens is 102 g/mol. The lowest BCUT2D eigenvalue weighted by atomic mass is 10.1. The van der Waals surface area contributed by atoms with Gasteiger partial charge in [0, 0.05) is 6.61 Å². The summed E-state index contributed by atoms with van der Waals surface area (Å²) in [6.07, 6.45) is 1.44. The molecule has 1 radical (unpaired) electrons. The van der Waals surface area contributed by atoms with E-state index in [1.165, 1.54) is 0 Å². The maximum Gasteiger partial charge on any atom is 0.0730 e. The molecule has 0 fully saturated rings. The Balaban J connectivity index is 3.02. The number of hydrogen-bond donors (Lipinski definition) is 1. The first-order chi connectivity index (χ1) is 3.81. The van der Waals surface area contributed by atoms with Crippen molar-refractivity contribution in [2.75, 3.05) is 6.61 Å². The highest BCUT2D eigenvalue weighted by Gasteiger charge is 1.96. The van der Waals surface area contributed by atoms with Gasteiger partial charge in [-0.3, -0.25) is 0 Å². The zero-order chi connectivity index (χ0) is 6.41. The second-order valence-corrected chi connectivity index (χ2v) is 1.72. The summed E-state index contributed by atoms with van der Waals surface area (Å²) >= 11 is 0. The Morgan fingerprint density at radius 2 is 2.38 bits per heavy atom. The summed E-state index contributed by atoms with van der Waals surface area (Å²) in [6, 6.07) is 2.01. The molecule has 0 saturated carbocycles. The Hall–Kier alpha value is -0.550. The smallest absolute Gasteiger partial charge is 0.0730 e. The van der Waals surface area contributed by atoms with E-state index in [1.54, 1.807) is 6.92 Å². The fraction of sp³-hybridized carbons (Fsp3) is 0.667. The third-order valence-corrected chi connectivity index (χ3v) is 0.901.